The van der Waals surface area contributed by atoms with Gasteiger partial charge in [0, 0.05) is 18.8 Å². The Morgan fingerprint density at radius 2 is 1.83 bits per heavy atom. The summed E-state index contributed by atoms with van der Waals surface area (Å²) in [5.41, 5.74) is 2.07. The number of benzene rings is 2. The number of ether oxygens (including phenoxy) is 1. The third-order valence-electron chi connectivity index (χ3n) is 2.94. The van der Waals surface area contributed by atoms with Gasteiger partial charge in [0.25, 0.3) is 0 Å². The predicted octanol–water partition coefficient (Wildman–Crippen LogP) is 3.22. The Balaban J connectivity index is 1.62. The number of hydrogen-bond donors (Lipinski definition) is 0. The van der Waals surface area contributed by atoms with Gasteiger partial charge in [0.15, 0.2) is 0 Å². The van der Waals surface area contributed by atoms with E-state index in [1.165, 1.54) is 17.8 Å². The van der Waals surface area contributed by atoms with Crippen molar-refractivity contribution in [3.63, 3.8) is 0 Å². The van der Waals surface area contributed by atoms with Crippen molar-refractivity contribution in [2.45, 2.75) is 6.61 Å². The number of halogens is 1. The van der Waals surface area contributed by atoms with E-state index in [9.17, 15) is 4.39 Å². The minimum Gasteiger partial charge on any atom is -0.489 e. The second-order valence-corrected chi connectivity index (χ2v) is 4.40. The molecular weight excluding hydrogens is 229 g/mol. The van der Waals surface area contributed by atoms with Crippen LogP contribution < -0.4 is 9.64 Å². The molecule has 3 heteroatoms. The summed E-state index contributed by atoms with van der Waals surface area (Å²) in [5.74, 6) is 0.581. The summed E-state index contributed by atoms with van der Waals surface area (Å²) in [7, 11) is 0. The summed E-state index contributed by atoms with van der Waals surface area (Å²) in [6.45, 7) is 2.67. The molecule has 1 saturated heterocycles. The lowest BCUT2D eigenvalue weighted by molar-refractivity contribution is 0.305. The second-order valence-electron chi connectivity index (χ2n) is 4.40. The highest BCUT2D eigenvalue weighted by Crippen LogP contribution is 2.24. The maximum Gasteiger partial charge on any atom is 0.123 e. The van der Waals surface area contributed by atoms with E-state index in [0.717, 1.165) is 24.4 Å². The molecule has 0 atom stereocenters. The van der Waals surface area contributed by atoms with Gasteiger partial charge in [0.2, 0.25) is 0 Å². The molecule has 0 spiro atoms. The smallest absolute Gasteiger partial charge is 0.123 e. The Morgan fingerprint density at radius 3 is 2.50 bits per heavy atom. The summed E-state index contributed by atoms with van der Waals surface area (Å²) in [6, 6.07) is 14.5. The topological polar surface area (TPSA) is 12.2 Å². The van der Waals surface area contributed by atoms with E-state index >= 15 is 0 Å². The molecule has 0 radical (unpaired) electrons. The Morgan fingerprint density at radius 1 is 1.06 bits per heavy atom. The molecule has 18 heavy (non-hydrogen) atoms. The molecule has 0 amide bonds. The zero-order chi connectivity index (χ0) is 12.4. The van der Waals surface area contributed by atoms with Gasteiger partial charge >= 0.3 is 0 Å². The van der Waals surface area contributed by atoms with Crippen LogP contribution in [0.3, 0.4) is 0 Å². The minimum absolute atomic E-state index is 0.229. The summed E-state index contributed by atoms with van der Waals surface area (Å²) in [5, 5.41) is 0. The van der Waals surface area contributed by atoms with E-state index < -0.39 is 0 Å². The number of hydrogen-bond acceptors (Lipinski definition) is 2. The Kier molecular flexibility index (Phi) is 2.89. The van der Waals surface area contributed by atoms with Gasteiger partial charge in [-0.3, -0.25) is 0 Å². The van der Waals surface area contributed by atoms with Gasteiger partial charge in [0.1, 0.15) is 18.2 Å². The largest absolute Gasteiger partial charge is 0.489 e. The van der Waals surface area contributed by atoms with Crippen LogP contribution in [0.4, 0.5) is 10.1 Å². The van der Waals surface area contributed by atoms with Crippen molar-refractivity contribution in [2.24, 2.45) is 0 Å². The van der Waals surface area contributed by atoms with Gasteiger partial charge in [-0.1, -0.05) is 12.1 Å². The molecule has 92 valence electrons. The molecule has 0 saturated carbocycles. The molecule has 0 aliphatic carbocycles. The monoisotopic (exact) mass is 243 g/mol. The highest BCUT2D eigenvalue weighted by molar-refractivity contribution is 5.53. The lowest BCUT2D eigenvalue weighted by atomic mass is 10.2. The first-order valence-electron chi connectivity index (χ1n) is 6.03. The average Bonchev–Trinajstić information content (AvgIpc) is 3.21. The lowest BCUT2D eigenvalue weighted by Crippen LogP contribution is -1.96. The van der Waals surface area contributed by atoms with E-state index in [-0.39, 0.29) is 5.82 Å². The van der Waals surface area contributed by atoms with Gasteiger partial charge in [-0.25, -0.2) is 4.39 Å². The van der Waals surface area contributed by atoms with Crippen LogP contribution in [0.1, 0.15) is 5.56 Å². The van der Waals surface area contributed by atoms with Crippen LogP contribution in [0.15, 0.2) is 48.5 Å². The Hall–Kier alpha value is -2.03. The fraction of sp³-hybridized carbons (Fsp3) is 0.200. The summed E-state index contributed by atoms with van der Waals surface area (Å²) < 4.78 is 18.6. The molecule has 0 unspecified atom stereocenters. The van der Waals surface area contributed by atoms with Crippen LogP contribution in [-0.2, 0) is 6.61 Å². The standard InChI is InChI=1S/C15H14FNO/c16-13-3-1-2-12(10-13)11-18-15-6-4-14(5-7-15)17-8-9-17/h1-7,10H,8-9,11H2. The molecular formula is C15H14FNO. The molecule has 0 bridgehead atoms. The van der Waals surface area contributed by atoms with E-state index in [1.807, 2.05) is 30.3 Å². The van der Waals surface area contributed by atoms with Crippen molar-refractivity contribution in [1.29, 1.82) is 0 Å². The van der Waals surface area contributed by atoms with Crippen LogP contribution in [0.5, 0.6) is 5.75 Å². The van der Waals surface area contributed by atoms with Crippen LogP contribution in [0, 0.1) is 5.82 Å². The van der Waals surface area contributed by atoms with Crippen LogP contribution in [0.2, 0.25) is 0 Å². The molecule has 2 aromatic carbocycles. The van der Waals surface area contributed by atoms with Crippen molar-refractivity contribution in [3.8, 4) is 5.75 Å². The van der Waals surface area contributed by atoms with Crippen LogP contribution in [0.25, 0.3) is 0 Å². The van der Waals surface area contributed by atoms with Crippen molar-refractivity contribution < 1.29 is 9.13 Å². The third-order valence-corrected chi connectivity index (χ3v) is 2.94. The maximum absolute atomic E-state index is 13.0. The number of nitrogens with zero attached hydrogens (tertiary/aromatic N) is 1. The fourth-order valence-corrected chi connectivity index (χ4v) is 1.85. The highest BCUT2D eigenvalue weighted by Gasteiger charge is 2.17. The molecule has 1 heterocycles. The van der Waals surface area contributed by atoms with Crippen LogP contribution in [-0.4, -0.2) is 13.1 Å². The summed E-state index contributed by atoms with van der Waals surface area (Å²) in [6.07, 6.45) is 0. The van der Waals surface area contributed by atoms with E-state index in [0.29, 0.717) is 6.61 Å². The van der Waals surface area contributed by atoms with Gasteiger partial charge < -0.3 is 9.64 Å². The van der Waals surface area contributed by atoms with Crippen molar-refractivity contribution >= 4 is 5.69 Å². The van der Waals surface area contributed by atoms with Gasteiger partial charge in [-0.05, 0) is 42.0 Å². The van der Waals surface area contributed by atoms with Gasteiger partial charge in [-0.2, -0.15) is 0 Å². The van der Waals surface area contributed by atoms with Crippen LogP contribution >= 0.6 is 0 Å². The predicted molar refractivity (Wildman–Crippen MR) is 69.4 cm³/mol. The van der Waals surface area contributed by atoms with E-state index in [2.05, 4.69) is 4.90 Å². The van der Waals surface area contributed by atoms with Crippen molar-refractivity contribution in [3.05, 3.63) is 59.9 Å². The Bertz CT molecular complexity index is 534. The first-order chi connectivity index (χ1) is 8.81. The third kappa shape index (κ3) is 2.62. The summed E-state index contributed by atoms with van der Waals surface area (Å²) >= 11 is 0. The normalized spacial score (nSPS) is 13.5. The molecule has 1 fully saturated rings. The van der Waals surface area contributed by atoms with Gasteiger partial charge in [0.05, 0.1) is 0 Å². The molecule has 1 aliphatic rings. The SMILES string of the molecule is Fc1cccc(COc2ccc(N3CC3)cc2)c1. The molecule has 2 nitrogen and oxygen atoms in total. The lowest BCUT2D eigenvalue weighted by Gasteiger charge is -2.08. The van der Waals surface area contributed by atoms with E-state index in [1.54, 1.807) is 6.07 Å². The zero-order valence-corrected chi connectivity index (χ0v) is 9.97. The molecule has 0 N–H and O–H groups in total. The van der Waals surface area contributed by atoms with E-state index in [4.69, 9.17) is 4.74 Å². The molecule has 2 aromatic rings. The maximum atomic E-state index is 13.0. The highest BCUT2D eigenvalue weighted by atomic mass is 19.1. The second kappa shape index (κ2) is 4.69. The zero-order valence-electron chi connectivity index (χ0n) is 9.97. The number of anilines is 1. The quantitative estimate of drug-likeness (QED) is 0.764. The molecule has 0 aromatic heterocycles. The number of rotatable bonds is 4. The van der Waals surface area contributed by atoms with Crippen molar-refractivity contribution in [1.82, 2.24) is 0 Å². The molecule has 1 aliphatic heterocycles. The fourth-order valence-electron chi connectivity index (χ4n) is 1.85. The first kappa shape index (κ1) is 11.1. The van der Waals surface area contributed by atoms with Gasteiger partial charge in [-0.15, -0.1) is 0 Å². The minimum atomic E-state index is -0.229. The first-order valence-corrected chi connectivity index (χ1v) is 6.03. The Labute approximate surface area is 106 Å². The summed E-state index contributed by atoms with van der Waals surface area (Å²) in [4.78, 5) is 2.27. The molecule has 3 rings (SSSR count). The average molecular weight is 243 g/mol. The van der Waals surface area contributed by atoms with Crippen molar-refractivity contribution in [2.75, 3.05) is 18.0 Å².